The van der Waals surface area contributed by atoms with Crippen LogP contribution < -0.4 is 0 Å². The number of benzene rings is 11. The summed E-state index contributed by atoms with van der Waals surface area (Å²) in [5.41, 5.74) is 14.0. The summed E-state index contributed by atoms with van der Waals surface area (Å²) in [4.78, 5) is 5.12. The number of rotatable bonds is 4. The molecule has 0 bridgehead atoms. The molecule has 0 saturated carbocycles. The van der Waals surface area contributed by atoms with E-state index in [1.165, 1.54) is 104 Å². The van der Waals surface area contributed by atoms with Crippen molar-refractivity contribution in [2.75, 3.05) is 0 Å². The molecule has 0 radical (unpaired) electrons. The second-order valence-electron chi connectivity index (χ2n) is 16.3. The highest BCUT2D eigenvalue weighted by Crippen LogP contribution is 2.46. The van der Waals surface area contributed by atoms with Crippen molar-refractivity contribution in [2.24, 2.45) is 0 Å². The molecule has 0 atom stereocenters. The van der Waals surface area contributed by atoms with Gasteiger partial charge in [-0.1, -0.05) is 182 Å². The molecule has 11 aromatic carbocycles. The lowest BCUT2D eigenvalue weighted by molar-refractivity contribution is 1.31. The van der Waals surface area contributed by atoms with Crippen molar-refractivity contribution in [3.8, 4) is 44.5 Å². The first kappa shape index (κ1) is 33.9. The largest absolute Gasteiger partial charge is 0.292 e. The van der Waals surface area contributed by atoms with Gasteiger partial charge in [0.05, 0.1) is 16.6 Å². The molecule has 0 aliphatic heterocycles. The summed E-state index contributed by atoms with van der Waals surface area (Å²) in [5.74, 6) is 0. The van der Waals surface area contributed by atoms with Crippen molar-refractivity contribution in [1.29, 1.82) is 0 Å². The molecule has 2 heterocycles. The van der Waals surface area contributed by atoms with Crippen molar-refractivity contribution in [2.45, 2.75) is 0 Å². The number of pyridine rings is 1. The fourth-order valence-corrected chi connectivity index (χ4v) is 10.0. The van der Waals surface area contributed by atoms with Gasteiger partial charge in [0.25, 0.3) is 0 Å². The zero-order chi connectivity index (χ0) is 40.0. The normalized spacial score (nSPS) is 11.9. The molecular formula is C59H36N2. The van der Waals surface area contributed by atoms with Crippen LogP contribution in [0.1, 0.15) is 0 Å². The summed E-state index contributed by atoms with van der Waals surface area (Å²) < 4.78 is 2.34. The Kier molecular flexibility index (Phi) is 7.34. The van der Waals surface area contributed by atoms with E-state index < -0.39 is 0 Å². The number of aromatic nitrogens is 2. The lowest BCUT2D eigenvalue weighted by atomic mass is 9.84. The third kappa shape index (κ3) is 5.26. The Bertz CT molecular complexity index is 3930. The average Bonchev–Trinajstić information content (AvgIpc) is 3.73. The highest BCUT2D eigenvalue weighted by Gasteiger charge is 2.19. The molecule has 282 valence electrons. The maximum atomic E-state index is 5.12. The molecule has 2 nitrogen and oxygen atoms in total. The van der Waals surface area contributed by atoms with Crippen LogP contribution in [0, 0.1) is 0 Å². The van der Waals surface area contributed by atoms with E-state index in [9.17, 15) is 0 Å². The van der Waals surface area contributed by atoms with Crippen molar-refractivity contribution < 1.29 is 0 Å². The summed E-state index contributed by atoms with van der Waals surface area (Å²) in [5, 5.41) is 13.6. The summed E-state index contributed by atoms with van der Waals surface area (Å²) in [6.07, 6.45) is 0. The van der Waals surface area contributed by atoms with Crippen LogP contribution in [-0.4, -0.2) is 9.38 Å². The van der Waals surface area contributed by atoms with Crippen molar-refractivity contribution >= 4 is 81.4 Å². The Hall–Kier alpha value is -8.07. The average molecular weight is 773 g/mol. The Balaban J connectivity index is 0.995. The van der Waals surface area contributed by atoms with Gasteiger partial charge < -0.3 is 0 Å². The maximum Gasteiger partial charge on any atom is 0.146 e. The Morgan fingerprint density at radius 3 is 1.38 bits per heavy atom. The Labute approximate surface area is 352 Å². The van der Waals surface area contributed by atoms with Gasteiger partial charge in [-0.15, -0.1) is 0 Å². The summed E-state index contributed by atoms with van der Waals surface area (Å²) in [7, 11) is 0. The Morgan fingerprint density at radius 1 is 0.262 bits per heavy atom. The van der Waals surface area contributed by atoms with Crippen LogP contribution in [0.5, 0.6) is 0 Å². The number of hydrogen-bond acceptors (Lipinski definition) is 1. The molecule has 2 aromatic heterocycles. The predicted molar refractivity (Wildman–Crippen MR) is 259 cm³/mol. The number of nitrogens with zero attached hydrogens (tertiary/aromatic N) is 2. The fourth-order valence-electron chi connectivity index (χ4n) is 10.0. The number of hydrogen-bond donors (Lipinski definition) is 0. The third-order valence-electron chi connectivity index (χ3n) is 12.9. The number of para-hydroxylation sites is 2. The van der Waals surface area contributed by atoms with Gasteiger partial charge >= 0.3 is 0 Å². The molecule has 0 amide bonds. The van der Waals surface area contributed by atoms with Gasteiger partial charge in [0.1, 0.15) is 5.65 Å². The molecule has 0 aliphatic rings. The van der Waals surface area contributed by atoms with Crippen LogP contribution in [0.15, 0.2) is 218 Å². The molecule has 13 rings (SSSR count). The molecule has 2 heteroatoms. The van der Waals surface area contributed by atoms with Gasteiger partial charge in [-0.2, -0.15) is 0 Å². The van der Waals surface area contributed by atoms with E-state index >= 15 is 0 Å². The van der Waals surface area contributed by atoms with Crippen LogP contribution in [0.2, 0.25) is 0 Å². The molecule has 61 heavy (non-hydrogen) atoms. The summed E-state index contributed by atoms with van der Waals surface area (Å²) in [6, 6.07) is 80.3. The maximum absolute atomic E-state index is 5.12. The lowest BCUT2D eigenvalue weighted by Gasteiger charge is -2.19. The van der Waals surface area contributed by atoms with Gasteiger partial charge in [0.15, 0.2) is 0 Å². The van der Waals surface area contributed by atoms with E-state index in [1.54, 1.807) is 0 Å². The summed E-state index contributed by atoms with van der Waals surface area (Å²) >= 11 is 0. The highest BCUT2D eigenvalue weighted by molar-refractivity contribution is 6.23. The second-order valence-corrected chi connectivity index (χ2v) is 16.3. The fraction of sp³-hybridized carbons (Fsp3) is 0. The molecule has 13 aromatic rings. The van der Waals surface area contributed by atoms with Crippen molar-refractivity contribution in [3.63, 3.8) is 0 Å². The Morgan fingerprint density at radius 2 is 0.721 bits per heavy atom. The predicted octanol–water partition coefficient (Wildman–Crippen LogP) is 16.1. The van der Waals surface area contributed by atoms with E-state index in [2.05, 4.69) is 223 Å². The van der Waals surface area contributed by atoms with E-state index in [0.717, 1.165) is 22.2 Å². The number of fused-ring (bicyclic) bond motifs is 12. The quantitative estimate of drug-likeness (QED) is 0.129. The van der Waals surface area contributed by atoms with Gasteiger partial charge in [-0.05, 0) is 129 Å². The third-order valence-corrected chi connectivity index (χ3v) is 12.9. The molecule has 0 unspecified atom stereocenters. The molecule has 0 fully saturated rings. The summed E-state index contributed by atoms with van der Waals surface area (Å²) in [6.45, 7) is 0. The first-order valence-electron chi connectivity index (χ1n) is 21.0. The molecule has 0 saturated heterocycles. The van der Waals surface area contributed by atoms with Crippen LogP contribution >= 0.6 is 0 Å². The second kappa shape index (κ2) is 13.2. The SMILES string of the molecule is c1ccc2cc(-c3c4ccccc4c(-c4ccc5ccccc5c4)c4cc(-c5ccc(-c6ccc7c8ccccc8c8nc9ccccc9n8c7c6)cc5)ccc34)ccc2c1. The molecule has 0 N–H and O–H groups in total. The first-order valence-corrected chi connectivity index (χ1v) is 21.0. The molecule has 0 aliphatic carbocycles. The minimum Gasteiger partial charge on any atom is -0.292 e. The lowest BCUT2D eigenvalue weighted by Crippen LogP contribution is -1.93. The van der Waals surface area contributed by atoms with Crippen molar-refractivity contribution in [1.82, 2.24) is 9.38 Å². The van der Waals surface area contributed by atoms with Crippen LogP contribution in [0.25, 0.3) is 126 Å². The zero-order valence-corrected chi connectivity index (χ0v) is 33.2. The minimum atomic E-state index is 0.993. The van der Waals surface area contributed by atoms with Gasteiger partial charge in [0, 0.05) is 10.8 Å². The van der Waals surface area contributed by atoms with Gasteiger partial charge in [0.2, 0.25) is 0 Å². The van der Waals surface area contributed by atoms with E-state index in [4.69, 9.17) is 4.98 Å². The topological polar surface area (TPSA) is 17.3 Å². The monoisotopic (exact) mass is 772 g/mol. The van der Waals surface area contributed by atoms with Crippen LogP contribution in [0.4, 0.5) is 0 Å². The van der Waals surface area contributed by atoms with Crippen LogP contribution in [0.3, 0.4) is 0 Å². The van der Waals surface area contributed by atoms with Gasteiger partial charge in [-0.25, -0.2) is 4.98 Å². The van der Waals surface area contributed by atoms with Gasteiger partial charge in [-0.3, -0.25) is 4.40 Å². The van der Waals surface area contributed by atoms with E-state index in [0.29, 0.717) is 0 Å². The van der Waals surface area contributed by atoms with Crippen LogP contribution in [-0.2, 0) is 0 Å². The minimum absolute atomic E-state index is 0.993. The smallest absolute Gasteiger partial charge is 0.146 e. The number of imidazole rings is 1. The first-order chi connectivity index (χ1) is 30.2. The van der Waals surface area contributed by atoms with Crippen molar-refractivity contribution in [3.05, 3.63) is 218 Å². The zero-order valence-electron chi connectivity index (χ0n) is 33.2. The highest BCUT2D eigenvalue weighted by atomic mass is 15.0. The molecule has 0 spiro atoms. The molecular weight excluding hydrogens is 737 g/mol. The van der Waals surface area contributed by atoms with E-state index in [1.807, 2.05) is 0 Å². The standard InChI is InChI=1S/C59H36N2/c1-3-13-41-33-45(27-25-37(41)11-1)57-49-16-6-7-17-50(49)58(46-28-26-38-12-2-4-14-42(38)34-46)53-35-43(30-32-51(53)57)39-21-23-40(24-22-39)44-29-31-48-47-15-5-8-18-52(47)59-60-54-19-9-10-20-55(54)61(59)56(48)36-44/h1-36H. The van der Waals surface area contributed by atoms with E-state index in [-0.39, 0.29) is 0 Å².